The number of aromatic hydroxyl groups is 1. The quantitative estimate of drug-likeness (QED) is 0.573. The summed E-state index contributed by atoms with van der Waals surface area (Å²) in [4.78, 5) is 11.2. The SMILES string of the molecule is CCCCOC(=O)c1ccoc1O. The highest BCUT2D eigenvalue weighted by Gasteiger charge is 2.14. The zero-order chi connectivity index (χ0) is 9.68. The van der Waals surface area contributed by atoms with Gasteiger partial charge in [0, 0.05) is 0 Å². The van der Waals surface area contributed by atoms with Crippen LogP contribution in [0.15, 0.2) is 16.7 Å². The first-order valence-electron chi connectivity index (χ1n) is 4.19. The van der Waals surface area contributed by atoms with Crippen molar-refractivity contribution in [2.75, 3.05) is 6.61 Å². The van der Waals surface area contributed by atoms with Gasteiger partial charge in [0.05, 0.1) is 12.9 Å². The van der Waals surface area contributed by atoms with Crippen LogP contribution in [0, 0.1) is 0 Å². The van der Waals surface area contributed by atoms with Crippen LogP contribution < -0.4 is 0 Å². The van der Waals surface area contributed by atoms with E-state index >= 15 is 0 Å². The van der Waals surface area contributed by atoms with Crippen LogP contribution in [-0.4, -0.2) is 17.7 Å². The Morgan fingerprint density at radius 2 is 2.46 bits per heavy atom. The summed E-state index contributed by atoms with van der Waals surface area (Å²) in [5.74, 6) is -0.929. The minimum absolute atomic E-state index is 0.0797. The van der Waals surface area contributed by atoms with Crippen LogP contribution in [0.4, 0.5) is 0 Å². The van der Waals surface area contributed by atoms with E-state index in [1.807, 2.05) is 6.92 Å². The van der Waals surface area contributed by atoms with Crippen molar-refractivity contribution in [1.82, 2.24) is 0 Å². The van der Waals surface area contributed by atoms with Gasteiger partial charge in [-0.15, -0.1) is 0 Å². The van der Waals surface area contributed by atoms with Crippen LogP contribution in [0.2, 0.25) is 0 Å². The van der Waals surface area contributed by atoms with Gasteiger partial charge >= 0.3 is 5.97 Å². The number of furan rings is 1. The van der Waals surface area contributed by atoms with Crippen LogP contribution in [-0.2, 0) is 4.74 Å². The van der Waals surface area contributed by atoms with E-state index in [0.29, 0.717) is 6.61 Å². The monoisotopic (exact) mass is 184 g/mol. The number of carbonyl (C=O) groups excluding carboxylic acids is 1. The lowest BCUT2D eigenvalue weighted by Gasteiger charge is -2.00. The second-order valence-corrected chi connectivity index (χ2v) is 2.63. The Hall–Kier alpha value is -1.45. The highest BCUT2D eigenvalue weighted by atomic mass is 16.5. The summed E-state index contributed by atoms with van der Waals surface area (Å²) in [6.07, 6.45) is 3.03. The van der Waals surface area contributed by atoms with Crippen molar-refractivity contribution in [2.45, 2.75) is 19.8 Å². The summed E-state index contributed by atoms with van der Waals surface area (Å²) < 4.78 is 9.40. The summed E-state index contributed by atoms with van der Waals surface area (Å²) in [5.41, 5.74) is 0.0797. The Kier molecular flexibility index (Phi) is 3.37. The average molecular weight is 184 g/mol. The molecule has 0 aliphatic rings. The van der Waals surface area contributed by atoms with E-state index in [0.717, 1.165) is 12.8 Å². The fourth-order valence-corrected chi connectivity index (χ4v) is 0.844. The third kappa shape index (κ3) is 2.50. The largest absolute Gasteiger partial charge is 0.480 e. The topological polar surface area (TPSA) is 59.7 Å². The lowest BCUT2D eigenvalue weighted by atomic mass is 10.3. The van der Waals surface area contributed by atoms with Gasteiger partial charge in [-0.05, 0) is 12.5 Å². The molecule has 4 heteroatoms. The van der Waals surface area contributed by atoms with Crippen molar-refractivity contribution in [3.8, 4) is 5.95 Å². The minimum atomic E-state index is -0.542. The molecule has 0 saturated heterocycles. The predicted molar refractivity (Wildman–Crippen MR) is 45.6 cm³/mol. The van der Waals surface area contributed by atoms with Gasteiger partial charge in [0.2, 0.25) is 0 Å². The lowest BCUT2D eigenvalue weighted by molar-refractivity contribution is 0.0494. The van der Waals surface area contributed by atoms with E-state index in [1.165, 1.54) is 12.3 Å². The predicted octanol–water partition coefficient (Wildman–Crippen LogP) is 1.94. The zero-order valence-corrected chi connectivity index (χ0v) is 7.45. The van der Waals surface area contributed by atoms with E-state index in [-0.39, 0.29) is 11.5 Å². The number of ether oxygens (including phenoxy) is 1. The van der Waals surface area contributed by atoms with Crippen LogP contribution in [0.3, 0.4) is 0 Å². The van der Waals surface area contributed by atoms with E-state index < -0.39 is 5.97 Å². The summed E-state index contributed by atoms with van der Waals surface area (Å²) >= 11 is 0. The van der Waals surface area contributed by atoms with E-state index in [2.05, 4.69) is 4.42 Å². The number of esters is 1. The minimum Gasteiger partial charge on any atom is -0.480 e. The third-order valence-corrected chi connectivity index (χ3v) is 1.60. The first-order chi connectivity index (χ1) is 6.25. The summed E-state index contributed by atoms with van der Waals surface area (Å²) in [5, 5.41) is 9.01. The summed E-state index contributed by atoms with van der Waals surface area (Å²) in [6, 6.07) is 1.38. The van der Waals surface area contributed by atoms with E-state index in [4.69, 9.17) is 9.84 Å². The fourth-order valence-electron chi connectivity index (χ4n) is 0.844. The molecule has 72 valence electrons. The molecule has 1 heterocycles. The molecule has 4 nitrogen and oxygen atoms in total. The Labute approximate surface area is 76.1 Å². The number of rotatable bonds is 4. The highest BCUT2D eigenvalue weighted by Crippen LogP contribution is 2.18. The van der Waals surface area contributed by atoms with Gasteiger partial charge in [0.1, 0.15) is 5.56 Å². The van der Waals surface area contributed by atoms with Crippen molar-refractivity contribution in [1.29, 1.82) is 0 Å². The van der Waals surface area contributed by atoms with Crippen molar-refractivity contribution < 1.29 is 19.1 Å². The molecule has 0 amide bonds. The number of unbranched alkanes of at least 4 members (excludes halogenated alkanes) is 1. The molecule has 1 N–H and O–H groups in total. The molecule has 1 rings (SSSR count). The molecule has 0 radical (unpaired) electrons. The normalized spacial score (nSPS) is 9.92. The first kappa shape index (κ1) is 9.64. The standard InChI is InChI=1S/C9H12O4/c1-2-3-5-12-8(10)7-4-6-13-9(7)11/h4,6,11H,2-3,5H2,1H3. The average Bonchev–Trinajstić information content (AvgIpc) is 2.52. The molecule has 0 aliphatic heterocycles. The van der Waals surface area contributed by atoms with Crippen LogP contribution in [0.5, 0.6) is 5.95 Å². The summed E-state index contributed by atoms with van der Waals surface area (Å²) in [7, 11) is 0. The Morgan fingerprint density at radius 1 is 1.69 bits per heavy atom. The summed E-state index contributed by atoms with van der Waals surface area (Å²) in [6.45, 7) is 2.38. The molecule has 0 bridgehead atoms. The molecule has 0 saturated carbocycles. The van der Waals surface area contributed by atoms with Crippen molar-refractivity contribution in [3.05, 3.63) is 17.9 Å². The molecule has 1 aromatic heterocycles. The second kappa shape index (κ2) is 4.54. The van der Waals surface area contributed by atoms with Gasteiger partial charge in [-0.3, -0.25) is 0 Å². The van der Waals surface area contributed by atoms with Crippen LogP contribution >= 0.6 is 0 Å². The number of hydrogen-bond donors (Lipinski definition) is 1. The molecule has 1 aromatic rings. The maximum atomic E-state index is 11.2. The molecule has 0 aromatic carbocycles. The van der Waals surface area contributed by atoms with E-state index in [1.54, 1.807) is 0 Å². The highest BCUT2D eigenvalue weighted by molar-refractivity contribution is 5.91. The van der Waals surface area contributed by atoms with Crippen molar-refractivity contribution in [3.63, 3.8) is 0 Å². The van der Waals surface area contributed by atoms with Gasteiger partial charge in [-0.1, -0.05) is 13.3 Å². The molecule has 0 fully saturated rings. The van der Waals surface area contributed by atoms with Gasteiger partial charge in [-0.2, -0.15) is 0 Å². The molecular weight excluding hydrogens is 172 g/mol. The smallest absolute Gasteiger partial charge is 0.345 e. The fraction of sp³-hybridized carbons (Fsp3) is 0.444. The molecule has 0 unspecified atom stereocenters. The zero-order valence-electron chi connectivity index (χ0n) is 7.45. The Balaban J connectivity index is 2.45. The van der Waals surface area contributed by atoms with Gasteiger partial charge in [-0.25, -0.2) is 4.79 Å². The maximum absolute atomic E-state index is 11.2. The van der Waals surface area contributed by atoms with Gasteiger partial charge in [0.25, 0.3) is 5.95 Å². The van der Waals surface area contributed by atoms with Gasteiger partial charge in [0.15, 0.2) is 0 Å². The van der Waals surface area contributed by atoms with E-state index in [9.17, 15) is 4.79 Å². The molecular formula is C9H12O4. The second-order valence-electron chi connectivity index (χ2n) is 2.63. The molecule has 0 spiro atoms. The Bertz CT molecular complexity index is 277. The van der Waals surface area contributed by atoms with Crippen molar-refractivity contribution >= 4 is 5.97 Å². The third-order valence-electron chi connectivity index (χ3n) is 1.60. The molecule has 0 aliphatic carbocycles. The maximum Gasteiger partial charge on any atom is 0.345 e. The first-order valence-corrected chi connectivity index (χ1v) is 4.19. The van der Waals surface area contributed by atoms with Crippen molar-refractivity contribution in [2.24, 2.45) is 0 Å². The van der Waals surface area contributed by atoms with Gasteiger partial charge < -0.3 is 14.3 Å². The van der Waals surface area contributed by atoms with Crippen LogP contribution in [0.25, 0.3) is 0 Å². The lowest BCUT2D eigenvalue weighted by Crippen LogP contribution is -2.05. The molecule has 13 heavy (non-hydrogen) atoms. The van der Waals surface area contributed by atoms with Crippen LogP contribution in [0.1, 0.15) is 30.1 Å². The molecule has 0 atom stereocenters. The number of carbonyl (C=O) groups is 1. The number of hydrogen-bond acceptors (Lipinski definition) is 4. The Morgan fingerprint density at radius 3 is 3.00 bits per heavy atom.